The fourth-order valence-electron chi connectivity index (χ4n) is 1.84. The summed E-state index contributed by atoms with van der Waals surface area (Å²) in [6, 6.07) is 5.58. The highest BCUT2D eigenvalue weighted by molar-refractivity contribution is 6.01. The summed E-state index contributed by atoms with van der Waals surface area (Å²) in [4.78, 5) is 36.2. The maximum Gasteiger partial charge on any atom is 0.335 e. The quantitative estimate of drug-likeness (QED) is 0.799. The van der Waals surface area contributed by atoms with Crippen LogP contribution < -0.4 is 4.74 Å². The van der Waals surface area contributed by atoms with Gasteiger partial charge in [0, 0.05) is 7.05 Å². The van der Waals surface area contributed by atoms with Gasteiger partial charge in [0.05, 0.1) is 12.1 Å². The second-order valence-electron chi connectivity index (χ2n) is 4.36. The van der Waals surface area contributed by atoms with Crippen molar-refractivity contribution in [2.24, 2.45) is 0 Å². The molecule has 1 aliphatic rings. The van der Waals surface area contributed by atoms with Crippen LogP contribution in [-0.4, -0.2) is 59.6 Å². The zero-order valence-corrected chi connectivity index (χ0v) is 10.9. The Morgan fingerprint density at radius 2 is 1.95 bits per heavy atom. The maximum atomic E-state index is 11.6. The summed E-state index contributed by atoms with van der Waals surface area (Å²) in [7, 11) is 1.56. The van der Waals surface area contributed by atoms with Crippen molar-refractivity contribution >= 4 is 17.9 Å². The Bertz CT molecular complexity index is 540. The molecule has 0 atom stereocenters. The number of aromatic carboxylic acids is 1. The molecule has 7 nitrogen and oxygen atoms in total. The van der Waals surface area contributed by atoms with E-state index in [2.05, 4.69) is 0 Å². The fraction of sp³-hybridized carbons (Fsp3) is 0.308. The summed E-state index contributed by atoms with van der Waals surface area (Å²) in [6.45, 7) is 0.423. The minimum absolute atomic E-state index is 0.0894. The number of benzene rings is 1. The van der Waals surface area contributed by atoms with Crippen LogP contribution in [0.4, 0.5) is 4.79 Å². The Balaban J connectivity index is 1.85. The van der Waals surface area contributed by atoms with Gasteiger partial charge in [0.2, 0.25) is 5.91 Å². The highest BCUT2D eigenvalue weighted by atomic mass is 16.5. The number of carboxylic acid groups (broad SMARTS) is 1. The van der Waals surface area contributed by atoms with Crippen LogP contribution in [0.2, 0.25) is 0 Å². The normalized spacial score (nSPS) is 14.8. The monoisotopic (exact) mass is 278 g/mol. The first kappa shape index (κ1) is 13.9. The SMILES string of the molecule is CN1CC(=O)N(CCOc2ccc(C(=O)O)cc2)C1=O. The Hall–Kier alpha value is -2.57. The third kappa shape index (κ3) is 2.87. The molecule has 0 bridgehead atoms. The summed E-state index contributed by atoms with van der Waals surface area (Å²) in [5.41, 5.74) is 0.170. The minimum atomic E-state index is -1.01. The molecule has 1 aromatic carbocycles. The number of amides is 3. The van der Waals surface area contributed by atoms with Crippen LogP contribution in [0.3, 0.4) is 0 Å². The van der Waals surface area contributed by atoms with Gasteiger partial charge in [-0.15, -0.1) is 0 Å². The molecule has 1 aromatic rings. The molecule has 7 heteroatoms. The van der Waals surface area contributed by atoms with Gasteiger partial charge in [-0.1, -0.05) is 0 Å². The van der Waals surface area contributed by atoms with E-state index >= 15 is 0 Å². The Labute approximate surface area is 115 Å². The summed E-state index contributed by atoms with van der Waals surface area (Å²) < 4.78 is 5.38. The average molecular weight is 278 g/mol. The van der Waals surface area contributed by atoms with Crippen LogP contribution >= 0.6 is 0 Å². The van der Waals surface area contributed by atoms with E-state index < -0.39 is 5.97 Å². The zero-order chi connectivity index (χ0) is 14.7. The summed E-state index contributed by atoms with van der Waals surface area (Å²) in [6.07, 6.45) is 0. The molecule has 0 aliphatic carbocycles. The number of likely N-dealkylation sites (N-methyl/N-ethyl adjacent to an activating group) is 1. The van der Waals surface area contributed by atoms with E-state index in [0.717, 1.165) is 4.90 Å². The number of carbonyl (C=O) groups excluding carboxylic acids is 2. The Kier molecular flexibility index (Phi) is 3.88. The van der Waals surface area contributed by atoms with E-state index in [-0.39, 0.29) is 37.2 Å². The topological polar surface area (TPSA) is 87.2 Å². The molecule has 0 aromatic heterocycles. The van der Waals surface area contributed by atoms with E-state index in [9.17, 15) is 14.4 Å². The van der Waals surface area contributed by atoms with Crippen molar-refractivity contribution < 1.29 is 24.2 Å². The van der Waals surface area contributed by atoms with Crippen molar-refractivity contribution in [2.75, 3.05) is 26.7 Å². The zero-order valence-electron chi connectivity index (χ0n) is 10.9. The lowest BCUT2D eigenvalue weighted by atomic mass is 10.2. The molecule has 1 heterocycles. The molecule has 1 fully saturated rings. The van der Waals surface area contributed by atoms with Crippen LogP contribution in [0.1, 0.15) is 10.4 Å². The molecule has 0 spiro atoms. The highest BCUT2D eigenvalue weighted by Crippen LogP contribution is 2.13. The van der Waals surface area contributed by atoms with Crippen LogP contribution in [0.15, 0.2) is 24.3 Å². The molecule has 0 saturated carbocycles. The van der Waals surface area contributed by atoms with Crippen LogP contribution in [-0.2, 0) is 4.79 Å². The number of hydrogen-bond donors (Lipinski definition) is 1. The number of rotatable bonds is 5. The van der Waals surface area contributed by atoms with E-state index in [1.807, 2.05) is 0 Å². The molecular formula is C13H14N2O5. The number of carbonyl (C=O) groups is 3. The lowest BCUT2D eigenvalue weighted by Crippen LogP contribution is -2.35. The van der Waals surface area contributed by atoms with Crippen molar-refractivity contribution in [3.05, 3.63) is 29.8 Å². The number of carboxylic acids is 1. The van der Waals surface area contributed by atoms with Gasteiger partial charge >= 0.3 is 12.0 Å². The second kappa shape index (κ2) is 5.60. The predicted octanol–water partition coefficient (Wildman–Crippen LogP) is 0.658. The van der Waals surface area contributed by atoms with Gasteiger partial charge in [-0.25, -0.2) is 9.59 Å². The van der Waals surface area contributed by atoms with Crippen molar-refractivity contribution in [3.63, 3.8) is 0 Å². The van der Waals surface area contributed by atoms with Gasteiger partial charge < -0.3 is 14.7 Å². The van der Waals surface area contributed by atoms with Gasteiger partial charge in [-0.3, -0.25) is 9.69 Å². The average Bonchev–Trinajstić information content (AvgIpc) is 2.65. The third-order valence-electron chi connectivity index (χ3n) is 2.92. The number of imide groups is 1. The molecule has 1 N–H and O–H groups in total. The van der Waals surface area contributed by atoms with E-state index in [4.69, 9.17) is 9.84 Å². The summed E-state index contributed by atoms with van der Waals surface area (Å²) in [5, 5.41) is 8.75. The Morgan fingerprint density at radius 1 is 1.30 bits per heavy atom. The third-order valence-corrected chi connectivity index (χ3v) is 2.92. The number of urea groups is 1. The smallest absolute Gasteiger partial charge is 0.335 e. The lowest BCUT2D eigenvalue weighted by Gasteiger charge is -2.14. The van der Waals surface area contributed by atoms with E-state index in [1.54, 1.807) is 7.05 Å². The van der Waals surface area contributed by atoms with E-state index in [1.165, 1.54) is 29.2 Å². The molecule has 3 amide bonds. The number of hydrogen-bond acceptors (Lipinski definition) is 4. The van der Waals surface area contributed by atoms with Gasteiger partial charge in [0.1, 0.15) is 18.9 Å². The highest BCUT2D eigenvalue weighted by Gasteiger charge is 2.32. The molecule has 1 saturated heterocycles. The lowest BCUT2D eigenvalue weighted by molar-refractivity contribution is -0.125. The van der Waals surface area contributed by atoms with Crippen molar-refractivity contribution in [1.29, 1.82) is 0 Å². The van der Waals surface area contributed by atoms with Crippen molar-refractivity contribution in [3.8, 4) is 5.75 Å². The van der Waals surface area contributed by atoms with Crippen LogP contribution in [0, 0.1) is 0 Å². The minimum Gasteiger partial charge on any atom is -0.492 e. The Morgan fingerprint density at radius 3 is 2.45 bits per heavy atom. The maximum absolute atomic E-state index is 11.6. The molecule has 106 valence electrons. The first-order valence-electron chi connectivity index (χ1n) is 6.00. The van der Waals surface area contributed by atoms with Crippen LogP contribution in [0.5, 0.6) is 5.75 Å². The molecule has 2 rings (SSSR count). The fourth-order valence-corrected chi connectivity index (χ4v) is 1.84. The standard InChI is InChI=1S/C13H14N2O5/c1-14-8-11(16)15(13(14)19)6-7-20-10-4-2-9(3-5-10)12(17)18/h2-5H,6-8H2,1H3,(H,17,18). The van der Waals surface area contributed by atoms with Crippen LogP contribution in [0.25, 0.3) is 0 Å². The number of nitrogens with zero attached hydrogens (tertiary/aromatic N) is 2. The first-order valence-corrected chi connectivity index (χ1v) is 6.00. The second-order valence-corrected chi connectivity index (χ2v) is 4.36. The van der Waals surface area contributed by atoms with Gasteiger partial charge in [-0.05, 0) is 24.3 Å². The number of ether oxygens (including phenoxy) is 1. The van der Waals surface area contributed by atoms with Crippen molar-refractivity contribution in [2.45, 2.75) is 0 Å². The molecular weight excluding hydrogens is 264 g/mol. The summed E-state index contributed by atoms with van der Waals surface area (Å²) in [5.74, 6) is -0.766. The molecule has 0 radical (unpaired) electrons. The van der Waals surface area contributed by atoms with Crippen molar-refractivity contribution in [1.82, 2.24) is 9.80 Å². The van der Waals surface area contributed by atoms with Gasteiger partial charge in [0.15, 0.2) is 0 Å². The molecule has 1 aliphatic heterocycles. The summed E-state index contributed by atoms with van der Waals surface area (Å²) >= 11 is 0. The predicted molar refractivity (Wildman–Crippen MR) is 68.6 cm³/mol. The molecule has 0 unspecified atom stereocenters. The van der Waals surface area contributed by atoms with E-state index in [0.29, 0.717) is 5.75 Å². The van der Waals surface area contributed by atoms with Gasteiger partial charge in [-0.2, -0.15) is 0 Å². The van der Waals surface area contributed by atoms with Gasteiger partial charge in [0.25, 0.3) is 0 Å². The first-order chi connectivity index (χ1) is 9.49. The molecule has 20 heavy (non-hydrogen) atoms. The largest absolute Gasteiger partial charge is 0.492 e.